The SMILES string of the molecule is CCCCCCCCCCCCCCCCCCCC/C=C/CCCC(=O)OC[C@H](COP(=O)(O)OCC[N+](C)(C)C)OC(=O)CCCCCCCCCCCCCCCCCCCCCCCCC. The van der Waals surface area contributed by atoms with Gasteiger partial charge in [-0.1, -0.05) is 276 Å². The van der Waals surface area contributed by atoms with Gasteiger partial charge in [0.05, 0.1) is 27.7 Å². The molecule has 0 aliphatic heterocycles. The summed E-state index contributed by atoms with van der Waals surface area (Å²) in [5, 5.41) is 0. The van der Waals surface area contributed by atoms with E-state index < -0.39 is 26.5 Å². The standard InChI is InChI=1S/C60H118NO8P/c1-6-8-10-12-14-16-18-20-22-24-26-28-30-32-34-36-38-40-42-44-46-48-50-52-59(62)66-56-58(57-68-70(64,65)67-55-54-61(3,4)5)69-60(63)53-51-49-47-45-43-41-39-37-35-33-31-29-27-25-23-21-19-17-15-13-11-9-7-2/h44,46,58H,6-43,45,47-57H2,1-5H3/p+1/b46-44+/t58-/m1/s1. The molecule has 10 heteroatoms. The number of allylic oxidation sites excluding steroid dienone is 2. The van der Waals surface area contributed by atoms with Gasteiger partial charge in [-0.05, 0) is 32.1 Å². The third-order valence-electron chi connectivity index (χ3n) is 13.8. The van der Waals surface area contributed by atoms with Crippen LogP contribution in [0.25, 0.3) is 0 Å². The van der Waals surface area contributed by atoms with Crippen LogP contribution in [-0.2, 0) is 32.7 Å². The van der Waals surface area contributed by atoms with Crippen LogP contribution < -0.4 is 0 Å². The zero-order valence-corrected chi connectivity index (χ0v) is 48.2. The second kappa shape index (κ2) is 52.6. The Hall–Kier alpha value is -1.25. The van der Waals surface area contributed by atoms with Crippen molar-refractivity contribution in [1.29, 1.82) is 0 Å². The lowest BCUT2D eigenvalue weighted by Gasteiger charge is -2.24. The lowest BCUT2D eigenvalue weighted by molar-refractivity contribution is -0.870. The molecule has 0 bridgehead atoms. The van der Waals surface area contributed by atoms with Gasteiger partial charge in [0.15, 0.2) is 6.10 Å². The highest BCUT2D eigenvalue weighted by molar-refractivity contribution is 7.47. The van der Waals surface area contributed by atoms with Crippen LogP contribution in [0.5, 0.6) is 0 Å². The molecule has 0 fully saturated rings. The summed E-state index contributed by atoms with van der Waals surface area (Å²) in [6, 6.07) is 0. The molecule has 0 aromatic carbocycles. The maximum atomic E-state index is 12.8. The lowest BCUT2D eigenvalue weighted by Crippen LogP contribution is -2.37. The molecular weight excluding hydrogens is 894 g/mol. The molecular formula is C60H119NO8P+. The maximum absolute atomic E-state index is 12.8. The molecule has 0 rings (SSSR count). The van der Waals surface area contributed by atoms with Crippen LogP contribution in [0.1, 0.15) is 309 Å². The summed E-state index contributed by atoms with van der Waals surface area (Å²) >= 11 is 0. The minimum absolute atomic E-state index is 0.0320. The number of carbonyl (C=O) groups excluding carboxylic acids is 2. The van der Waals surface area contributed by atoms with Gasteiger partial charge in [-0.3, -0.25) is 18.6 Å². The van der Waals surface area contributed by atoms with Crippen LogP contribution in [0, 0.1) is 0 Å². The van der Waals surface area contributed by atoms with Crippen LogP contribution in [0.15, 0.2) is 12.2 Å². The molecule has 0 spiro atoms. The number of phosphoric ester groups is 1. The minimum Gasteiger partial charge on any atom is -0.462 e. The molecule has 0 aromatic heterocycles. The molecule has 0 amide bonds. The first-order valence-electron chi connectivity index (χ1n) is 30.4. The van der Waals surface area contributed by atoms with Crippen LogP contribution in [0.3, 0.4) is 0 Å². The van der Waals surface area contributed by atoms with Gasteiger partial charge in [0.25, 0.3) is 0 Å². The Morgan fingerprint density at radius 3 is 1.10 bits per heavy atom. The molecule has 416 valence electrons. The quantitative estimate of drug-likeness (QED) is 0.0211. The monoisotopic (exact) mass is 1010 g/mol. The summed E-state index contributed by atoms with van der Waals surface area (Å²) < 4.78 is 34.6. The number of quaternary nitrogens is 1. The van der Waals surface area contributed by atoms with Gasteiger partial charge < -0.3 is 18.9 Å². The average Bonchev–Trinajstić information content (AvgIpc) is 3.32. The van der Waals surface area contributed by atoms with E-state index in [0.29, 0.717) is 23.9 Å². The van der Waals surface area contributed by atoms with Crippen LogP contribution in [0.4, 0.5) is 0 Å². The van der Waals surface area contributed by atoms with Gasteiger partial charge in [-0.15, -0.1) is 0 Å². The molecule has 0 aromatic rings. The van der Waals surface area contributed by atoms with Crippen molar-refractivity contribution in [2.45, 2.75) is 315 Å². The molecule has 9 nitrogen and oxygen atoms in total. The Kier molecular flexibility index (Phi) is 51.7. The Morgan fingerprint density at radius 1 is 0.429 bits per heavy atom. The number of esters is 2. The first kappa shape index (κ1) is 68.8. The van der Waals surface area contributed by atoms with E-state index in [4.69, 9.17) is 18.5 Å². The molecule has 1 N–H and O–H groups in total. The third-order valence-corrected chi connectivity index (χ3v) is 14.8. The van der Waals surface area contributed by atoms with E-state index in [2.05, 4.69) is 26.0 Å². The van der Waals surface area contributed by atoms with Gasteiger partial charge in [-0.25, -0.2) is 4.57 Å². The summed E-state index contributed by atoms with van der Waals surface area (Å²) in [5.41, 5.74) is 0. The fourth-order valence-corrected chi connectivity index (χ4v) is 9.82. The number of hydrogen-bond acceptors (Lipinski definition) is 7. The molecule has 70 heavy (non-hydrogen) atoms. The summed E-state index contributed by atoms with van der Waals surface area (Å²) in [5.74, 6) is -0.814. The Labute approximate surface area is 435 Å². The fourth-order valence-electron chi connectivity index (χ4n) is 9.08. The molecule has 0 radical (unpaired) electrons. The first-order valence-corrected chi connectivity index (χ1v) is 31.9. The molecule has 0 aliphatic carbocycles. The summed E-state index contributed by atoms with van der Waals surface area (Å²) in [4.78, 5) is 35.7. The number of hydrogen-bond donors (Lipinski definition) is 1. The van der Waals surface area contributed by atoms with E-state index in [1.807, 2.05) is 21.1 Å². The van der Waals surface area contributed by atoms with Crippen molar-refractivity contribution in [2.24, 2.45) is 0 Å². The predicted molar refractivity (Wildman–Crippen MR) is 298 cm³/mol. The topological polar surface area (TPSA) is 108 Å². The van der Waals surface area contributed by atoms with E-state index >= 15 is 0 Å². The van der Waals surface area contributed by atoms with E-state index in [1.54, 1.807) is 0 Å². The first-order chi connectivity index (χ1) is 34.0. The number of likely N-dealkylation sites (N-methyl/N-ethyl adjacent to an activating group) is 1. The highest BCUT2D eigenvalue weighted by atomic mass is 31.2. The van der Waals surface area contributed by atoms with Crippen molar-refractivity contribution >= 4 is 19.8 Å². The average molecular weight is 1010 g/mol. The Balaban J connectivity index is 4.12. The van der Waals surface area contributed by atoms with E-state index in [1.165, 1.54) is 244 Å². The number of carbonyl (C=O) groups is 2. The highest BCUT2D eigenvalue weighted by Gasteiger charge is 2.27. The number of rotatable bonds is 57. The third kappa shape index (κ3) is 56.1. The minimum atomic E-state index is -4.39. The largest absolute Gasteiger partial charge is 0.472 e. The normalized spacial score (nSPS) is 13.3. The lowest BCUT2D eigenvalue weighted by atomic mass is 10.0. The van der Waals surface area contributed by atoms with Gasteiger partial charge in [0.1, 0.15) is 19.8 Å². The molecule has 2 atom stereocenters. The smallest absolute Gasteiger partial charge is 0.462 e. The molecule has 0 aliphatic rings. The Bertz CT molecular complexity index is 1190. The van der Waals surface area contributed by atoms with E-state index in [9.17, 15) is 19.0 Å². The van der Waals surface area contributed by atoms with Crippen molar-refractivity contribution in [3.63, 3.8) is 0 Å². The Morgan fingerprint density at radius 2 is 0.743 bits per heavy atom. The second-order valence-corrected chi connectivity index (χ2v) is 23.6. The zero-order valence-electron chi connectivity index (χ0n) is 47.3. The molecule has 0 saturated heterocycles. The number of ether oxygens (including phenoxy) is 2. The van der Waals surface area contributed by atoms with Crippen molar-refractivity contribution in [3.05, 3.63) is 12.2 Å². The highest BCUT2D eigenvalue weighted by Crippen LogP contribution is 2.43. The summed E-state index contributed by atoms with van der Waals surface area (Å²) in [7, 11) is 1.48. The summed E-state index contributed by atoms with van der Waals surface area (Å²) in [6.07, 6.45) is 61.6. The van der Waals surface area contributed by atoms with Gasteiger partial charge in [-0.2, -0.15) is 0 Å². The van der Waals surface area contributed by atoms with Gasteiger partial charge in [0, 0.05) is 12.8 Å². The van der Waals surface area contributed by atoms with Crippen LogP contribution in [0.2, 0.25) is 0 Å². The number of phosphoric acid groups is 1. The zero-order chi connectivity index (χ0) is 51.3. The maximum Gasteiger partial charge on any atom is 0.472 e. The van der Waals surface area contributed by atoms with Gasteiger partial charge in [0.2, 0.25) is 0 Å². The van der Waals surface area contributed by atoms with Crippen molar-refractivity contribution in [1.82, 2.24) is 0 Å². The van der Waals surface area contributed by atoms with E-state index in [-0.39, 0.29) is 32.0 Å². The predicted octanol–water partition coefficient (Wildman–Crippen LogP) is 18.8. The number of nitrogens with zero attached hydrogens (tertiary/aromatic N) is 1. The van der Waals surface area contributed by atoms with Crippen LogP contribution in [-0.4, -0.2) is 74.9 Å². The van der Waals surface area contributed by atoms with Crippen LogP contribution >= 0.6 is 7.82 Å². The summed E-state index contributed by atoms with van der Waals surface area (Å²) in [6.45, 7) is 4.48. The molecule has 0 saturated carbocycles. The molecule has 0 heterocycles. The number of unbranched alkanes of at least 4 members (excludes halogenated alkanes) is 41. The van der Waals surface area contributed by atoms with Crippen molar-refractivity contribution in [2.75, 3.05) is 47.5 Å². The van der Waals surface area contributed by atoms with Gasteiger partial charge >= 0.3 is 19.8 Å². The second-order valence-electron chi connectivity index (χ2n) is 22.1. The fraction of sp³-hybridized carbons (Fsp3) is 0.933. The van der Waals surface area contributed by atoms with E-state index in [0.717, 1.165) is 25.7 Å². The van der Waals surface area contributed by atoms with Crippen molar-refractivity contribution in [3.8, 4) is 0 Å². The van der Waals surface area contributed by atoms with Crippen molar-refractivity contribution < 1.29 is 42.1 Å². The molecule has 1 unspecified atom stereocenters.